The van der Waals surface area contributed by atoms with E-state index < -0.39 is 0 Å². The lowest BCUT2D eigenvalue weighted by atomic mass is 10.2. The first-order valence-corrected chi connectivity index (χ1v) is 7.29. The van der Waals surface area contributed by atoms with Crippen LogP contribution in [-0.2, 0) is 6.54 Å². The molecule has 0 spiro atoms. The standard InChI is InChI=1S/C17H20ClNO2/c1-12(2)21-14-6-4-13(5-7-14)11-19-17-10-15(20-3)8-9-16(17)18/h4-10,12,19H,11H2,1-3H3. The third-order valence-electron chi connectivity index (χ3n) is 2.95. The van der Waals surface area contributed by atoms with Crippen molar-refractivity contribution in [1.29, 1.82) is 0 Å². The second-order valence-electron chi connectivity index (χ2n) is 5.01. The maximum atomic E-state index is 6.16. The Morgan fingerprint density at radius 2 is 1.71 bits per heavy atom. The molecule has 4 heteroatoms. The molecule has 0 saturated heterocycles. The Morgan fingerprint density at radius 3 is 2.33 bits per heavy atom. The molecule has 1 N–H and O–H groups in total. The Hall–Kier alpha value is -1.87. The number of nitrogens with one attached hydrogen (secondary N) is 1. The van der Waals surface area contributed by atoms with Gasteiger partial charge in [0.1, 0.15) is 11.5 Å². The lowest BCUT2D eigenvalue weighted by Gasteiger charge is -2.12. The van der Waals surface area contributed by atoms with Crippen LogP contribution in [0.5, 0.6) is 11.5 Å². The van der Waals surface area contributed by atoms with Gasteiger partial charge in [-0.1, -0.05) is 23.7 Å². The Kier molecular flexibility index (Phi) is 5.34. The van der Waals surface area contributed by atoms with E-state index in [1.54, 1.807) is 7.11 Å². The van der Waals surface area contributed by atoms with Crippen molar-refractivity contribution in [3.63, 3.8) is 0 Å². The molecule has 0 fully saturated rings. The van der Waals surface area contributed by atoms with E-state index in [2.05, 4.69) is 5.32 Å². The molecule has 0 atom stereocenters. The Bertz CT molecular complexity index is 582. The molecule has 0 aliphatic carbocycles. The van der Waals surface area contributed by atoms with E-state index in [0.717, 1.165) is 22.7 Å². The van der Waals surface area contributed by atoms with Crippen molar-refractivity contribution in [3.05, 3.63) is 53.1 Å². The van der Waals surface area contributed by atoms with Crippen molar-refractivity contribution < 1.29 is 9.47 Å². The van der Waals surface area contributed by atoms with E-state index in [1.807, 2.05) is 56.3 Å². The first-order chi connectivity index (χ1) is 10.1. The van der Waals surface area contributed by atoms with Crippen molar-refractivity contribution in [2.75, 3.05) is 12.4 Å². The number of hydrogen-bond donors (Lipinski definition) is 1. The molecule has 3 nitrogen and oxygen atoms in total. The van der Waals surface area contributed by atoms with Gasteiger partial charge in [-0.3, -0.25) is 0 Å². The molecular weight excluding hydrogens is 286 g/mol. The minimum absolute atomic E-state index is 0.185. The highest BCUT2D eigenvalue weighted by molar-refractivity contribution is 6.33. The molecule has 0 bridgehead atoms. The molecule has 2 aromatic carbocycles. The van der Waals surface area contributed by atoms with Gasteiger partial charge in [0.2, 0.25) is 0 Å². The third kappa shape index (κ3) is 4.57. The summed E-state index contributed by atoms with van der Waals surface area (Å²) in [5.74, 6) is 1.66. The molecular formula is C17H20ClNO2. The molecule has 2 rings (SSSR count). The van der Waals surface area contributed by atoms with Crippen LogP contribution in [0.25, 0.3) is 0 Å². The minimum atomic E-state index is 0.185. The van der Waals surface area contributed by atoms with Crippen LogP contribution in [0, 0.1) is 0 Å². The normalized spacial score (nSPS) is 10.5. The number of benzene rings is 2. The maximum absolute atomic E-state index is 6.16. The van der Waals surface area contributed by atoms with Crippen molar-refractivity contribution in [2.45, 2.75) is 26.5 Å². The molecule has 0 aliphatic heterocycles. The van der Waals surface area contributed by atoms with Crippen LogP contribution in [0.1, 0.15) is 19.4 Å². The first-order valence-electron chi connectivity index (χ1n) is 6.91. The number of hydrogen-bond acceptors (Lipinski definition) is 3. The van der Waals surface area contributed by atoms with E-state index in [0.29, 0.717) is 11.6 Å². The van der Waals surface area contributed by atoms with Gasteiger partial charge in [-0.25, -0.2) is 0 Å². The monoisotopic (exact) mass is 305 g/mol. The van der Waals surface area contributed by atoms with Crippen LogP contribution in [0.15, 0.2) is 42.5 Å². The quantitative estimate of drug-likeness (QED) is 0.835. The van der Waals surface area contributed by atoms with Gasteiger partial charge < -0.3 is 14.8 Å². The number of anilines is 1. The SMILES string of the molecule is COc1ccc(Cl)c(NCc2ccc(OC(C)C)cc2)c1. The van der Waals surface area contributed by atoms with Gasteiger partial charge in [0.15, 0.2) is 0 Å². The van der Waals surface area contributed by atoms with Crippen LogP contribution in [0.2, 0.25) is 5.02 Å². The minimum Gasteiger partial charge on any atom is -0.497 e. The van der Waals surface area contributed by atoms with Gasteiger partial charge in [0, 0.05) is 12.6 Å². The third-order valence-corrected chi connectivity index (χ3v) is 3.28. The van der Waals surface area contributed by atoms with Crippen molar-refractivity contribution in [3.8, 4) is 11.5 Å². The lowest BCUT2D eigenvalue weighted by Crippen LogP contribution is -2.05. The summed E-state index contributed by atoms with van der Waals surface area (Å²) in [6.45, 7) is 4.72. The molecule has 21 heavy (non-hydrogen) atoms. The summed E-state index contributed by atoms with van der Waals surface area (Å²) in [4.78, 5) is 0. The van der Waals surface area contributed by atoms with Gasteiger partial charge >= 0.3 is 0 Å². The smallest absolute Gasteiger partial charge is 0.121 e. The Labute approximate surface area is 130 Å². The zero-order valence-corrected chi connectivity index (χ0v) is 13.3. The molecule has 0 heterocycles. The summed E-state index contributed by atoms with van der Waals surface area (Å²) in [5.41, 5.74) is 2.02. The average Bonchev–Trinajstić information content (AvgIpc) is 2.47. The van der Waals surface area contributed by atoms with E-state index >= 15 is 0 Å². The summed E-state index contributed by atoms with van der Waals surface area (Å²) in [6.07, 6.45) is 0.185. The topological polar surface area (TPSA) is 30.5 Å². The Morgan fingerprint density at radius 1 is 1.05 bits per heavy atom. The van der Waals surface area contributed by atoms with E-state index in [9.17, 15) is 0 Å². The van der Waals surface area contributed by atoms with Gasteiger partial charge in [0.25, 0.3) is 0 Å². The van der Waals surface area contributed by atoms with Crippen LogP contribution in [0.3, 0.4) is 0 Å². The highest BCUT2D eigenvalue weighted by atomic mass is 35.5. The number of methoxy groups -OCH3 is 1. The molecule has 0 aromatic heterocycles. The molecule has 0 radical (unpaired) electrons. The molecule has 2 aromatic rings. The first kappa shape index (κ1) is 15.5. The molecule has 0 saturated carbocycles. The number of ether oxygens (including phenoxy) is 2. The van der Waals surface area contributed by atoms with Gasteiger partial charge in [0.05, 0.1) is 23.9 Å². The highest BCUT2D eigenvalue weighted by Crippen LogP contribution is 2.27. The zero-order chi connectivity index (χ0) is 15.2. The second-order valence-corrected chi connectivity index (χ2v) is 5.42. The molecule has 0 unspecified atom stereocenters. The van der Waals surface area contributed by atoms with E-state index in [-0.39, 0.29) is 6.10 Å². The summed E-state index contributed by atoms with van der Waals surface area (Å²) in [5, 5.41) is 3.99. The molecule has 0 amide bonds. The Balaban J connectivity index is 1.99. The van der Waals surface area contributed by atoms with E-state index in [1.165, 1.54) is 0 Å². The summed E-state index contributed by atoms with van der Waals surface area (Å²) in [6, 6.07) is 13.6. The molecule has 0 aliphatic rings. The van der Waals surface area contributed by atoms with Crippen molar-refractivity contribution >= 4 is 17.3 Å². The fraction of sp³-hybridized carbons (Fsp3) is 0.294. The maximum Gasteiger partial charge on any atom is 0.121 e. The largest absolute Gasteiger partial charge is 0.497 e. The summed E-state index contributed by atoms with van der Waals surface area (Å²) < 4.78 is 10.8. The van der Waals surface area contributed by atoms with Crippen molar-refractivity contribution in [2.24, 2.45) is 0 Å². The molecule has 112 valence electrons. The predicted molar refractivity (Wildman–Crippen MR) is 87.5 cm³/mol. The van der Waals surface area contributed by atoms with Crippen LogP contribution in [-0.4, -0.2) is 13.2 Å². The van der Waals surface area contributed by atoms with Crippen molar-refractivity contribution in [1.82, 2.24) is 0 Å². The van der Waals surface area contributed by atoms with Gasteiger partial charge in [-0.05, 0) is 43.7 Å². The number of halogens is 1. The van der Waals surface area contributed by atoms with E-state index in [4.69, 9.17) is 21.1 Å². The lowest BCUT2D eigenvalue weighted by molar-refractivity contribution is 0.242. The second kappa shape index (κ2) is 7.23. The summed E-state index contributed by atoms with van der Waals surface area (Å²) in [7, 11) is 1.64. The van der Waals surface area contributed by atoms with Crippen LogP contribution >= 0.6 is 11.6 Å². The average molecular weight is 306 g/mol. The van der Waals surface area contributed by atoms with Crippen LogP contribution < -0.4 is 14.8 Å². The predicted octanol–water partition coefficient (Wildman–Crippen LogP) is 4.75. The fourth-order valence-electron chi connectivity index (χ4n) is 1.92. The fourth-order valence-corrected chi connectivity index (χ4v) is 2.11. The highest BCUT2D eigenvalue weighted by Gasteiger charge is 2.03. The van der Waals surface area contributed by atoms with Gasteiger partial charge in [-0.15, -0.1) is 0 Å². The van der Waals surface area contributed by atoms with Gasteiger partial charge in [-0.2, -0.15) is 0 Å². The zero-order valence-electron chi connectivity index (χ0n) is 12.5. The van der Waals surface area contributed by atoms with Crippen LogP contribution in [0.4, 0.5) is 5.69 Å². The number of rotatable bonds is 6. The summed E-state index contributed by atoms with van der Waals surface area (Å²) >= 11 is 6.16.